The van der Waals surface area contributed by atoms with E-state index in [0.29, 0.717) is 34.7 Å². The zero-order chi connectivity index (χ0) is 22.9. The molecule has 0 spiro atoms. The predicted octanol–water partition coefficient (Wildman–Crippen LogP) is 4.35. The van der Waals surface area contributed by atoms with Gasteiger partial charge in [-0.3, -0.25) is 19.1 Å². The summed E-state index contributed by atoms with van der Waals surface area (Å²) in [5.41, 5.74) is 5.21. The molecule has 3 aromatic carbocycles. The van der Waals surface area contributed by atoms with Gasteiger partial charge in [-0.1, -0.05) is 42.5 Å². The molecule has 0 saturated carbocycles. The lowest BCUT2D eigenvalue weighted by atomic mass is 10.0. The van der Waals surface area contributed by atoms with Crippen LogP contribution in [0.2, 0.25) is 0 Å². The first-order valence-corrected chi connectivity index (χ1v) is 10.5. The molecule has 0 bridgehead atoms. The second-order valence-corrected chi connectivity index (χ2v) is 7.84. The zero-order valence-electron chi connectivity index (χ0n) is 17.8. The number of rotatable bonds is 5. The molecule has 162 valence electrons. The van der Waals surface area contributed by atoms with Gasteiger partial charge < -0.3 is 10.6 Å². The van der Waals surface area contributed by atoms with Gasteiger partial charge in [-0.15, -0.1) is 0 Å². The van der Waals surface area contributed by atoms with E-state index in [4.69, 9.17) is 0 Å². The van der Waals surface area contributed by atoms with Gasteiger partial charge in [0.1, 0.15) is 5.69 Å². The Balaban J connectivity index is 1.37. The SMILES string of the molecule is CC(=O)Nc1ccc2c(c1)C(=O)c1cc(NC(=O)c3ccnn3Cc3ccccc3)ccc1-2. The van der Waals surface area contributed by atoms with E-state index >= 15 is 0 Å². The number of aromatic nitrogens is 2. The Morgan fingerprint density at radius 2 is 1.45 bits per heavy atom. The summed E-state index contributed by atoms with van der Waals surface area (Å²) >= 11 is 0. The van der Waals surface area contributed by atoms with Gasteiger partial charge in [0, 0.05) is 35.6 Å². The molecule has 5 rings (SSSR count). The van der Waals surface area contributed by atoms with Crippen molar-refractivity contribution in [1.29, 1.82) is 0 Å². The molecule has 0 unspecified atom stereocenters. The topological polar surface area (TPSA) is 93.1 Å². The first kappa shape index (κ1) is 20.4. The second-order valence-electron chi connectivity index (χ2n) is 7.84. The molecule has 0 aliphatic heterocycles. The van der Waals surface area contributed by atoms with Gasteiger partial charge in [0.05, 0.1) is 6.54 Å². The summed E-state index contributed by atoms with van der Waals surface area (Å²) in [4.78, 5) is 37.3. The molecule has 0 atom stereocenters. The molecule has 7 nitrogen and oxygen atoms in total. The van der Waals surface area contributed by atoms with E-state index in [-0.39, 0.29) is 17.6 Å². The predicted molar refractivity (Wildman–Crippen MR) is 125 cm³/mol. The smallest absolute Gasteiger partial charge is 0.273 e. The Labute approximate surface area is 190 Å². The van der Waals surface area contributed by atoms with Crippen LogP contribution >= 0.6 is 0 Å². The Kier molecular flexibility index (Phi) is 5.06. The van der Waals surface area contributed by atoms with Gasteiger partial charge >= 0.3 is 0 Å². The number of anilines is 2. The van der Waals surface area contributed by atoms with Crippen LogP contribution in [0, 0.1) is 0 Å². The zero-order valence-corrected chi connectivity index (χ0v) is 17.8. The van der Waals surface area contributed by atoms with Gasteiger partial charge in [0.25, 0.3) is 5.91 Å². The third kappa shape index (κ3) is 3.92. The Morgan fingerprint density at radius 1 is 0.818 bits per heavy atom. The first-order valence-electron chi connectivity index (χ1n) is 10.5. The monoisotopic (exact) mass is 436 g/mol. The highest BCUT2D eigenvalue weighted by Crippen LogP contribution is 2.39. The van der Waals surface area contributed by atoms with Crippen molar-refractivity contribution < 1.29 is 14.4 Å². The minimum atomic E-state index is -0.306. The van der Waals surface area contributed by atoms with Crippen molar-refractivity contribution in [2.75, 3.05) is 10.6 Å². The first-order chi connectivity index (χ1) is 16.0. The fourth-order valence-corrected chi connectivity index (χ4v) is 4.04. The van der Waals surface area contributed by atoms with Gasteiger partial charge in [-0.05, 0) is 47.0 Å². The van der Waals surface area contributed by atoms with E-state index in [1.165, 1.54) is 6.92 Å². The molecule has 1 aliphatic carbocycles. The largest absolute Gasteiger partial charge is 0.326 e. The second kappa shape index (κ2) is 8.20. The van der Waals surface area contributed by atoms with Crippen LogP contribution in [0.1, 0.15) is 38.9 Å². The number of hydrogen-bond acceptors (Lipinski definition) is 4. The van der Waals surface area contributed by atoms with E-state index < -0.39 is 0 Å². The molecular weight excluding hydrogens is 416 g/mol. The number of benzene rings is 3. The highest BCUT2D eigenvalue weighted by molar-refractivity contribution is 6.22. The molecule has 1 aliphatic rings. The summed E-state index contributed by atoms with van der Waals surface area (Å²) in [5.74, 6) is -0.647. The number of nitrogens with one attached hydrogen (secondary N) is 2. The summed E-state index contributed by atoms with van der Waals surface area (Å²) in [6, 6.07) is 22.0. The Bertz CT molecular complexity index is 1410. The standard InChI is InChI=1S/C26H20N4O3/c1-16(31)28-18-7-9-20-21-10-8-19(14-23(21)25(32)22(20)13-18)29-26(33)24-11-12-27-30(24)15-17-5-3-2-4-6-17/h2-14H,15H2,1H3,(H,28,31)(H,29,33). The van der Waals surface area contributed by atoms with Crippen LogP contribution in [0.3, 0.4) is 0 Å². The lowest BCUT2D eigenvalue weighted by Gasteiger charge is -2.10. The normalized spacial score (nSPS) is 11.6. The van der Waals surface area contributed by atoms with E-state index in [1.54, 1.807) is 41.2 Å². The fourth-order valence-electron chi connectivity index (χ4n) is 4.04. The minimum Gasteiger partial charge on any atom is -0.326 e. The molecule has 33 heavy (non-hydrogen) atoms. The molecule has 1 aromatic heterocycles. The Morgan fingerprint density at radius 3 is 2.09 bits per heavy atom. The number of carbonyl (C=O) groups is 3. The van der Waals surface area contributed by atoms with Crippen LogP contribution in [0.15, 0.2) is 79.0 Å². The van der Waals surface area contributed by atoms with Gasteiger partial charge in [-0.2, -0.15) is 5.10 Å². The van der Waals surface area contributed by atoms with Crippen molar-refractivity contribution in [2.45, 2.75) is 13.5 Å². The van der Waals surface area contributed by atoms with E-state index in [9.17, 15) is 14.4 Å². The van der Waals surface area contributed by atoms with E-state index in [1.807, 2.05) is 42.5 Å². The lowest BCUT2D eigenvalue weighted by molar-refractivity contribution is -0.114. The summed E-state index contributed by atoms with van der Waals surface area (Å²) in [7, 11) is 0. The van der Waals surface area contributed by atoms with Crippen LogP contribution < -0.4 is 10.6 Å². The average Bonchev–Trinajstić information content (AvgIpc) is 3.37. The summed E-state index contributed by atoms with van der Waals surface area (Å²) in [6.07, 6.45) is 1.59. The number of hydrogen-bond donors (Lipinski definition) is 2. The van der Waals surface area contributed by atoms with Crippen molar-refractivity contribution in [3.8, 4) is 11.1 Å². The number of carbonyl (C=O) groups excluding carboxylic acids is 3. The van der Waals surface area contributed by atoms with Crippen molar-refractivity contribution >= 4 is 29.0 Å². The number of nitrogens with zero attached hydrogens (tertiary/aromatic N) is 2. The fraction of sp³-hybridized carbons (Fsp3) is 0.0769. The van der Waals surface area contributed by atoms with Gasteiger partial charge in [0.2, 0.25) is 5.91 Å². The van der Waals surface area contributed by atoms with E-state index in [0.717, 1.165) is 16.7 Å². The van der Waals surface area contributed by atoms with Gasteiger partial charge in [0.15, 0.2) is 5.78 Å². The summed E-state index contributed by atoms with van der Waals surface area (Å²) < 4.78 is 1.64. The van der Waals surface area contributed by atoms with Crippen LogP contribution in [0.25, 0.3) is 11.1 Å². The third-order valence-electron chi connectivity index (χ3n) is 5.52. The number of ketones is 1. The van der Waals surface area contributed by atoms with Crippen LogP contribution in [0.5, 0.6) is 0 Å². The molecule has 2 amide bonds. The maximum Gasteiger partial charge on any atom is 0.273 e. The van der Waals surface area contributed by atoms with Crippen molar-refractivity contribution in [3.05, 3.63) is 101 Å². The number of amides is 2. The number of fused-ring (bicyclic) bond motifs is 3. The lowest BCUT2D eigenvalue weighted by Crippen LogP contribution is -2.18. The molecule has 0 fully saturated rings. The third-order valence-corrected chi connectivity index (χ3v) is 5.52. The quantitative estimate of drug-likeness (QED) is 0.428. The summed E-state index contributed by atoms with van der Waals surface area (Å²) in [6.45, 7) is 1.90. The minimum absolute atomic E-state index is 0.141. The van der Waals surface area contributed by atoms with Crippen LogP contribution in [-0.2, 0) is 11.3 Å². The van der Waals surface area contributed by atoms with Crippen LogP contribution in [-0.4, -0.2) is 27.4 Å². The molecule has 0 radical (unpaired) electrons. The van der Waals surface area contributed by atoms with Gasteiger partial charge in [-0.25, -0.2) is 0 Å². The molecule has 2 N–H and O–H groups in total. The Hall–Kier alpha value is -4.52. The average molecular weight is 436 g/mol. The summed E-state index contributed by atoms with van der Waals surface area (Å²) in [5, 5.41) is 9.85. The van der Waals surface area contributed by atoms with Crippen molar-refractivity contribution in [1.82, 2.24) is 9.78 Å². The van der Waals surface area contributed by atoms with Crippen molar-refractivity contribution in [2.24, 2.45) is 0 Å². The highest BCUT2D eigenvalue weighted by Gasteiger charge is 2.27. The molecule has 0 saturated heterocycles. The van der Waals surface area contributed by atoms with Crippen LogP contribution in [0.4, 0.5) is 11.4 Å². The maximum atomic E-state index is 13.0. The highest BCUT2D eigenvalue weighted by atomic mass is 16.2. The van der Waals surface area contributed by atoms with Crippen molar-refractivity contribution in [3.63, 3.8) is 0 Å². The molecular formula is C26H20N4O3. The molecule has 4 aromatic rings. The molecule has 7 heteroatoms. The maximum absolute atomic E-state index is 13.0. The molecule has 1 heterocycles. The van der Waals surface area contributed by atoms with E-state index in [2.05, 4.69) is 15.7 Å².